The molecule has 22 heavy (non-hydrogen) atoms. The number of Topliss-reactive ketones (excluding diaryl/α,β-unsaturated/α-hetero) is 1. The van der Waals surface area contributed by atoms with Crippen LogP contribution in [-0.4, -0.2) is 30.4 Å². The molecule has 0 saturated carbocycles. The zero-order valence-corrected chi connectivity index (χ0v) is 14.3. The van der Waals surface area contributed by atoms with Gasteiger partial charge in [-0.3, -0.25) is 4.79 Å². The van der Waals surface area contributed by atoms with Crippen molar-refractivity contribution in [3.8, 4) is 0 Å². The van der Waals surface area contributed by atoms with Crippen LogP contribution in [0.2, 0.25) is 0 Å². The van der Waals surface area contributed by atoms with Gasteiger partial charge in [-0.2, -0.15) is 0 Å². The van der Waals surface area contributed by atoms with Gasteiger partial charge in [-0.15, -0.1) is 0 Å². The van der Waals surface area contributed by atoms with Crippen molar-refractivity contribution in [3.63, 3.8) is 0 Å². The van der Waals surface area contributed by atoms with E-state index in [9.17, 15) is 4.79 Å². The Morgan fingerprint density at radius 2 is 1.77 bits per heavy atom. The highest BCUT2D eigenvalue weighted by Crippen LogP contribution is 2.40. The second kappa shape index (κ2) is 6.55. The van der Waals surface area contributed by atoms with Crippen LogP contribution in [0.5, 0.6) is 0 Å². The normalized spacial score (nSPS) is 18.9. The summed E-state index contributed by atoms with van der Waals surface area (Å²) < 4.78 is 6.34. The van der Waals surface area contributed by atoms with Crippen molar-refractivity contribution >= 4 is 5.78 Å². The minimum atomic E-state index is -0.351. The highest BCUT2D eigenvalue weighted by Gasteiger charge is 2.41. The Bertz CT molecular complexity index is 556. The van der Waals surface area contributed by atoms with E-state index in [1.165, 1.54) is 0 Å². The summed E-state index contributed by atoms with van der Waals surface area (Å²) in [5.74, 6) is 0.990. The number of hydrogen-bond donors (Lipinski definition) is 0. The van der Waals surface area contributed by atoms with E-state index < -0.39 is 0 Å². The van der Waals surface area contributed by atoms with Crippen LogP contribution in [0.15, 0.2) is 41.8 Å². The van der Waals surface area contributed by atoms with Gasteiger partial charge in [-0.1, -0.05) is 51.1 Å². The molecule has 0 aliphatic carbocycles. The zero-order valence-electron chi connectivity index (χ0n) is 14.3. The first-order valence-electron chi connectivity index (χ1n) is 8.12. The SMILES string of the molecule is CCC1(CC)CC(=O)C(C(C)c2ccccc2)=C(N(C)C)O1. The highest BCUT2D eigenvalue weighted by molar-refractivity contribution is 5.98. The maximum atomic E-state index is 12.9. The van der Waals surface area contributed by atoms with Crippen molar-refractivity contribution in [2.45, 2.75) is 51.6 Å². The van der Waals surface area contributed by atoms with E-state index in [0.717, 1.165) is 29.9 Å². The first-order chi connectivity index (χ1) is 10.4. The van der Waals surface area contributed by atoms with Crippen molar-refractivity contribution in [3.05, 3.63) is 47.4 Å². The van der Waals surface area contributed by atoms with Crippen molar-refractivity contribution in [2.75, 3.05) is 14.1 Å². The van der Waals surface area contributed by atoms with Gasteiger partial charge in [0.05, 0.1) is 12.0 Å². The minimum absolute atomic E-state index is 0.0396. The molecule has 0 aromatic heterocycles. The first kappa shape index (κ1) is 16.6. The lowest BCUT2D eigenvalue weighted by molar-refractivity contribution is -0.129. The van der Waals surface area contributed by atoms with Gasteiger partial charge < -0.3 is 9.64 Å². The number of carbonyl (C=O) groups is 1. The average Bonchev–Trinajstić information content (AvgIpc) is 2.54. The molecule has 2 rings (SSSR count). The molecule has 0 radical (unpaired) electrons. The molecule has 0 amide bonds. The van der Waals surface area contributed by atoms with Crippen LogP contribution in [0, 0.1) is 0 Å². The molecule has 0 N–H and O–H groups in total. The van der Waals surface area contributed by atoms with E-state index in [-0.39, 0.29) is 17.3 Å². The Balaban J connectivity index is 2.48. The van der Waals surface area contributed by atoms with Crippen molar-refractivity contribution < 1.29 is 9.53 Å². The largest absolute Gasteiger partial charge is 0.472 e. The molecule has 1 aromatic carbocycles. The third-order valence-corrected chi connectivity index (χ3v) is 4.75. The molecule has 1 heterocycles. The molecular weight excluding hydrogens is 274 g/mol. The van der Waals surface area contributed by atoms with Gasteiger partial charge in [0, 0.05) is 20.0 Å². The van der Waals surface area contributed by atoms with Crippen molar-refractivity contribution in [1.29, 1.82) is 0 Å². The molecule has 1 aliphatic rings. The molecule has 3 heteroatoms. The summed E-state index contributed by atoms with van der Waals surface area (Å²) in [6.07, 6.45) is 2.17. The lowest BCUT2D eigenvalue weighted by Gasteiger charge is -2.41. The Kier molecular flexibility index (Phi) is 4.94. The Morgan fingerprint density at radius 1 is 1.18 bits per heavy atom. The number of hydrogen-bond acceptors (Lipinski definition) is 3. The molecule has 1 unspecified atom stereocenters. The number of ketones is 1. The van der Waals surface area contributed by atoms with Gasteiger partial charge >= 0.3 is 0 Å². The quantitative estimate of drug-likeness (QED) is 0.819. The van der Waals surface area contributed by atoms with Gasteiger partial charge in [0.1, 0.15) is 5.60 Å². The second-order valence-electron chi connectivity index (χ2n) is 6.34. The lowest BCUT2D eigenvalue weighted by atomic mass is 9.81. The number of rotatable bonds is 5. The second-order valence-corrected chi connectivity index (χ2v) is 6.34. The summed E-state index contributed by atoms with van der Waals surface area (Å²) in [5, 5.41) is 0. The van der Waals surface area contributed by atoms with Gasteiger partial charge in [0.2, 0.25) is 0 Å². The lowest BCUT2D eigenvalue weighted by Crippen LogP contribution is -2.42. The molecule has 0 spiro atoms. The topological polar surface area (TPSA) is 29.5 Å². The fourth-order valence-corrected chi connectivity index (χ4v) is 3.11. The summed E-state index contributed by atoms with van der Waals surface area (Å²) in [4.78, 5) is 14.8. The highest BCUT2D eigenvalue weighted by atomic mass is 16.5. The van der Waals surface area contributed by atoms with Crippen LogP contribution in [-0.2, 0) is 9.53 Å². The van der Waals surface area contributed by atoms with Gasteiger partial charge in [0.25, 0.3) is 0 Å². The number of ether oxygens (including phenoxy) is 1. The summed E-state index contributed by atoms with van der Waals surface area (Å²) >= 11 is 0. The van der Waals surface area contributed by atoms with Gasteiger partial charge in [0.15, 0.2) is 11.7 Å². The molecule has 120 valence electrons. The smallest absolute Gasteiger partial charge is 0.196 e. The fourth-order valence-electron chi connectivity index (χ4n) is 3.11. The molecule has 0 bridgehead atoms. The standard InChI is InChI=1S/C19H27NO2/c1-6-19(7-2)13-16(21)17(18(22-19)20(4)5)14(3)15-11-9-8-10-12-15/h8-12,14H,6-7,13H2,1-5H3. The predicted octanol–water partition coefficient (Wildman–Crippen LogP) is 4.11. The van der Waals surface area contributed by atoms with E-state index in [1.807, 2.05) is 37.2 Å². The van der Waals surface area contributed by atoms with Crippen molar-refractivity contribution in [2.24, 2.45) is 0 Å². The Labute approximate surface area is 134 Å². The molecule has 1 aliphatic heterocycles. The van der Waals surface area contributed by atoms with Crippen LogP contribution in [0.4, 0.5) is 0 Å². The first-order valence-corrected chi connectivity index (χ1v) is 8.12. The summed E-state index contributed by atoms with van der Waals surface area (Å²) in [5.41, 5.74) is 1.60. The third kappa shape index (κ3) is 3.03. The number of nitrogens with zero attached hydrogens (tertiary/aromatic N) is 1. The van der Waals surface area contributed by atoms with E-state index in [2.05, 4.69) is 32.9 Å². The van der Waals surface area contributed by atoms with E-state index in [1.54, 1.807) is 0 Å². The van der Waals surface area contributed by atoms with Crippen LogP contribution >= 0.6 is 0 Å². The fraction of sp³-hybridized carbons (Fsp3) is 0.526. The zero-order chi connectivity index (χ0) is 16.3. The predicted molar refractivity (Wildman–Crippen MR) is 89.6 cm³/mol. The average molecular weight is 301 g/mol. The van der Waals surface area contributed by atoms with Crippen LogP contribution in [0.3, 0.4) is 0 Å². The van der Waals surface area contributed by atoms with Crippen molar-refractivity contribution in [1.82, 2.24) is 4.90 Å². The van der Waals surface area contributed by atoms with Gasteiger partial charge in [-0.05, 0) is 18.4 Å². The number of benzene rings is 1. The summed E-state index contributed by atoms with van der Waals surface area (Å²) in [6, 6.07) is 10.2. The number of allylic oxidation sites excluding steroid dienone is 1. The van der Waals surface area contributed by atoms with E-state index in [4.69, 9.17) is 4.74 Å². The molecule has 1 atom stereocenters. The Morgan fingerprint density at radius 3 is 2.27 bits per heavy atom. The Hall–Kier alpha value is -1.77. The molecule has 3 nitrogen and oxygen atoms in total. The summed E-state index contributed by atoms with van der Waals surface area (Å²) in [6.45, 7) is 6.27. The maximum absolute atomic E-state index is 12.9. The monoisotopic (exact) mass is 301 g/mol. The molecular formula is C19H27NO2. The molecule has 0 saturated heterocycles. The molecule has 1 aromatic rings. The minimum Gasteiger partial charge on any atom is -0.472 e. The molecule has 0 fully saturated rings. The number of carbonyl (C=O) groups excluding carboxylic acids is 1. The van der Waals surface area contributed by atoms with Gasteiger partial charge in [-0.25, -0.2) is 0 Å². The third-order valence-electron chi connectivity index (χ3n) is 4.75. The summed E-state index contributed by atoms with van der Waals surface area (Å²) in [7, 11) is 3.89. The van der Waals surface area contributed by atoms with Crippen LogP contribution in [0.1, 0.15) is 51.5 Å². The van der Waals surface area contributed by atoms with E-state index >= 15 is 0 Å². The van der Waals surface area contributed by atoms with E-state index in [0.29, 0.717) is 6.42 Å². The maximum Gasteiger partial charge on any atom is 0.196 e. The van der Waals surface area contributed by atoms with Crippen LogP contribution < -0.4 is 0 Å². The van der Waals surface area contributed by atoms with Crippen LogP contribution in [0.25, 0.3) is 0 Å².